The van der Waals surface area contributed by atoms with E-state index < -0.39 is 5.91 Å². The van der Waals surface area contributed by atoms with Crippen molar-refractivity contribution < 1.29 is 9.21 Å². The van der Waals surface area contributed by atoms with Crippen LogP contribution in [0.15, 0.2) is 22.6 Å². The van der Waals surface area contributed by atoms with Crippen molar-refractivity contribution in [2.75, 3.05) is 0 Å². The number of nitrogens with two attached hydrogens (primary N) is 1. The zero-order valence-electron chi connectivity index (χ0n) is 8.07. The third-order valence-corrected chi connectivity index (χ3v) is 1.83. The Balaban J connectivity index is 2.48. The first-order valence-electron chi connectivity index (χ1n) is 4.34. The first-order valence-corrected chi connectivity index (χ1v) is 4.34. The monoisotopic (exact) mass is 200 g/mol. The summed E-state index contributed by atoms with van der Waals surface area (Å²) in [4.78, 5) is 14.6. The number of hydrogen-bond donors (Lipinski definition) is 1. The van der Waals surface area contributed by atoms with E-state index in [1.165, 1.54) is 0 Å². The number of carbonyl (C=O) groups is 1. The van der Waals surface area contributed by atoms with Crippen LogP contribution in [0.25, 0.3) is 11.1 Å². The lowest BCUT2D eigenvalue weighted by Gasteiger charge is -1.88. The van der Waals surface area contributed by atoms with Crippen molar-refractivity contribution in [1.82, 2.24) is 4.98 Å². The molecule has 1 aromatic carbocycles. The van der Waals surface area contributed by atoms with Crippen LogP contribution in [0.5, 0.6) is 0 Å². The van der Waals surface area contributed by atoms with Crippen LogP contribution in [-0.4, -0.2) is 10.9 Å². The van der Waals surface area contributed by atoms with Crippen LogP contribution in [0.3, 0.4) is 0 Å². The van der Waals surface area contributed by atoms with E-state index in [0.717, 1.165) is 5.52 Å². The summed E-state index contributed by atoms with van der Waals surface area (Å²) in [5, 5.41) is 0. The van der Waals surface area contributed by atoms with E-state index in [4.69, 9.17) is 10.2 Å². The van der Waals surface area contributed by atoms with Crippen LogP contribution in [0, 0.1) is 18.8 Å². The molecule has 2 rings (SSSR count). The molecule has 74 valence electrons. The van der Waals surface area contributed by atoms with Gasteiger partial charge in [-0.05, 0) is 24.1 Å². The van der Waals surface area contributed by atoms with E-state index in [-0.39, 0.29) is 0 Å². The highest BCUT2D eigenvalue weighted by molar-refractivity contribution is 5.92. The second kappa shape index (κ2) is 3.46. The zero-order valence-corrected chi connectivity index (χ0v) is 8.07. The van der Waals surface area contributed by atoms with Gasteiger partial charge >= 0.3 is 0 Å². The second-order valence-electron chi connectivity index (χ2n) is 3.03. The van der Waals surface area contributed by atoms with Gasteiger partial charge in [-0.2, -0.15) is 0 Å². The third kappa shape index (κ3) is 1.97. The van der Waals surface area contributed by atoms with E-state index in [2.05, 4.69) is 16.8 Å². The van der Waals surface area contributed by atoms with Crippen LogP contribution < -0.4 is 5.73 Å². The zero-order chi connectivity index (χ0) is 10.8. The summed E-state index contributed by atoms with van der Waals surface area (Å²) in [6, 6.07) is 5.28. The molecule has 4 nitrogen and oxygen atoms in total. The number of nitrogens with zero attached hydrogens (tertiary/aromatic N) is 1. The molecule has 0 saturated carbocycles. The van der Waals surface area contributed by atoms with Crippen LogP contribution in [0.1, 0.15) is 11.5 Å². The van der Waals surface area contributed by atoms with Crippen molar-refractivity contribution in [3.8, 4) is 11.8 Å². The highest BCUT2D eigenvalue weighted by Crippen LogP contribution is 2.16. The average Bonchev–Trinajstić information content (AvgIpc) is 2.53. The van der Waals surface area contributed by atoms with Crippen molar-refractivity contribution in [2.24, 2.45) is 5.73 Å². The highest BCUT2D eigenvalue weighted by atomic mass is 16.3. The number of benzene rings is 1. The summed E-state index contributed by atoms with van der Waals surface area (Å²) in [6.07, 6.45) is 0. The number of aryl methyl sites for hydroxylation is 1. The molecule has 2 aromatic rings. The van der Waals surface area contributed by atoms with Gasteiger partial charge in [0.1, 0.15) is 5.52 Å². The number of rotatable bonds is 0. The summed E-state index contributed by atoms with van der Waals surface area (Å²) in [5.41, 5.74) is 7.02. The summed E-state index contributed by atoms with van der Waals surface area (Å²) >= 11 is 0. The molecule has 0 spiro atoms. The topological polar surface area (TPSA) is 69.1 Å². The standard InChI is InChI=1S/C11H8N2O2/c1-7-13-9-4-2-8(3-5-11(12)14)6-10(9)15-7/h2,4,6H,1H3,(H2,12,14). The minimum atomic E-state index is -0.649. The Morgan fingerprint density at radius 2 is 2.33 bits per heavy atom. The number of amides is 1. The quantitative estimate of drug-likeness (QED) is 0.644. The molecular formula is C11H8N2O2. The fourth-order valence-electron chi connectivity index (χ4n) is 1.25. The van der Waals surface area contributed by atoms with Crippen molar-refractivity contribution in [3.05, 3.63) is 29.7 Å². The molecule has 0 aliphatic rings. The van der Waals surface area contributed by atoms with Gasteiger partial charge in [0.15, 0.2) is 11.5 Å². The van der Waals surface area contributed by atoms with Crippen molar-refractivity contribution in [3.63, 3.8) is 0 Å². The molecule has 1 amide bonds. The lowest BCUT2D eigenvalue weighted by atomic mass is 10.2. The molecule has 2 N–H and O–H groups in total. The van der Waals surface area contributed by atoms with Gasteiger partial charge in [-0.3, -0.25) is 4.79 Å². The van der Waals surface area contributed by atoms with Gasteiger partial charge in [-0.15, -0.1) is 0 Å². The maximum Gasteiger partial charge on any atom is 0.293 e. The fraction of sp³-hybridized carbons (Fsp3) is 0.0909. The van der Waals surface area contributed by atoms with Gasteiger partial charge in [-0.25, -0.2) is 4.98 Å². The van der Waals surface area contributed by atoms with Crippen LogP contribution in [0.2, 0.25) is 0 Å². The normalized spacial score (nSPS) is 9.67. The Morgan fingerprint density at radius 1 is 1.53 bits per heavy atom. The molecular weight excluding hydrogens is 192 g/mol. The molecule has 0 fully saturated rings. The van der Waals surface area contributed by atoms with E-state index in [0.29, 0.717) is 17.0 Å². The van der Waals surface area contributed by atoms with Crippen LogP contribution >= 0.6 is 0 Å². The largest absolute Gasteiger partial charge is 0.441 e. The second-order valence-corrected chi connectivity index (χ2v) is 3.03. The Morgan fingerprint density at radius 3 is 3.07 bits per heavy atom. The number of hydrogen-bond acceptors (Lipinski definition) is 3. The van der Waals surface area contributed by atoms with Gasteiger partial charge < -0.3 is 10.2 Å². The molecule has 0 unspecified atom stereocenters. The number of aromatic nitrogens is 1. The average molecular weight is 200 g/mol. The van der Waals surface area contributed by atoms with E-state index in [9.17, 15) is 4.79 Å². The molecule has 0 atom stereocenters. The van der Waals surface area contributed by atoms with E-state index in [1.54, 1.807) is 25.1 Å². The smallest absolute Gasteiger partial charge is 0.293 e. The van der Waals surface area contributed by atoms with Crippen LogP contribution in [0.4, 0.5) is 0 Å². The Labute approximate surface area is 86.1 Å². The molecule has 1 heterocycles. The molecule has 0 radical (unpaired) electrons. The number of carbonyl (C=O) groups excluding carboxylic acids is 1. The number of fused-ring (bicyclic) bond motifs is 1. The lowest BCUT2D eigenvalue weighted by molar-refractivity contribution is -0.112. The summed E-state index contributed by atoms with van der Waals surface area (Å²) < 4.78 is 5.32. The third-order valence-electron chi connectivity index (χ3n) is 1.83. The van der Waals surface area contributed by atoms with E-state index >= 15 is 0 Å². The minimum Gasteiger partial charge on any atom is -0.441 e. The van der Waals surface area contributed by atoms with E-state index in [1.807, 2.05) is 0 Å². The molecule has 1 aromatic heterocycles. The summed E-state index contributed by atoms with van der Waals surface area (Å²) in [5.74, 6) is 4.85. The highest BCUT2D eigenvalue weighted by Gasteiger charge is 2.01. The fourth-order valence-corrected chi connectivity index (χ4v) is 1.25. The predicted molar refractivity (Wildman–Crippen MR) is 54.8 cm³/mol. The van der Waals surface area contributed by atoms with Gasteiger partial charge in [0.05, 0.1) is 0 Å². The van der Waals surface area contributed by atoms with Crippen molar-refractivity contribution >= 4 is 17.0 Å². The van der Waals surface area contributed by atoms with Gasteiger partial charge in [0, 0.05) is 12.5 Å². The minimum absolute atomic E-state index is 0.602. The molecule has 0 bridgehead atoms. The first-order chi connectivity index (χ1) is 7.15. The van der Waals surface area contributed by atoms with Crippen molar-refractivity contribution in [1.29, 1.82) is 0 Å². The molecule has 4 heteroatoms. The maximum atomic E-state index is 10.5. The SMILES string of the molecule is Cc1nc2ccc(C#CC(N)=O)cc2o1. The number of primary amides is 1. The Kier molecular flexibility index (Phi) is 2.14. The first kappa shape index (κ1) is 9.28. The molecule has 15 heavy (non-hydrogen) atoms. The Hall–Kier alpha value is -2.28. The number of oxazole rings is 1. The van der Waals surface area contributed by atoms with Gasteiger partial charge in [0.25, 0.3) is 5.91 Å². The lowest BCUT2D eigenvalue weighted by Crippen LogP contribution is -2.06. The van der Waals surface area contributed by atoms with Crippen LogP contribution in [-0.2, 0) is 4.79 Å². The molecule has 0 aliphatic heterocycles. The van der Waals surface area contributed by atoms with Gasteiger partial charge in [-0.1, -0.05) is 5.92 Å². The molecule has 0 saturated heterocycles. The van der Waals surface area contributed by atoms with Gasteiger partial charge in [0.2, 0.25) is 0 Å². The summed E-state index contributed by atoms with van der Waals surface area (Å²) in [7, 11) is 0. The van der Waals surface area contributed by atoms with Crippen molar-refractivity contribution in [2.45, 2.75) is 6.92 Å². The maximum absolute atomic E-state index is 10.5. The summed E-state index contributed by atoms with van der Waals surface area (Å²) in [6.45, 7) is 1.77. The molecule has 0 aliphatic carbocycles. The Bertz CT molecular complexity index is 587. The predicted octanol–water partition coefficient (Wildman–Crippen LogP) is 0.973.